The van der Waals surface area contributed by atoms with Crippen molar-refractivity contribution < 1.29 is 9.53 Å². The summed E-state index contributed by atoms with van der Waals surface area (Å²) in [6.45, 7) is 9.20. The van der Waals surface area contributed by atoms with Crippen molar-refractivity contribution in [3.63, 3.8) is 0 Å². The number of aryl methyl sites for hydroxylation is 1. The summed E-state index contributed by atoms with van der Waals surface area (Å²) in [6.07, 6.45) is 6.78. The number of amides is 1. The summed E-state index contributed by atoms with van der Waals surface area (Å²) in [5, 5.41) is 7.43. The number of carbonyl (C=O) groups excluding carboxylic acids is 1. The van der Waals surface area contributed by atoms with E-state index in [9.17, 15) is 4.79 Å². The number of allylic oxidation sites excluding steroid dienone is 2. The summed E-state index contributed by atoms with van der Waals surface area (Å²) in [5.41, 5.74) is 2.35. The molecule has 4 atom stereocenters. The highest BCUT2D eigenvalue weighted by atomic mass is 16.5. The summed E-state index contributed by atoms with van der Waals surface area (Å²) in [4.78, 5) is 12.7. The fourth-order valence-electron chi connectivity index (χ4n) is 3.77. The van der Waals surface area contributed by atoms with Gasteiger partial charge in [-0.2, -0.15) is 5.10 Å². The predicted octanol–water partition coefficient (Wildman–Crippen LogP) is 2.60. The minimum absolute atomic E-state index is 0.0375. The first-order valence-electron chi connectivity index (χ1n) is 8.36. The van der Waals surface area contributed by atoms with Gasteiger partial charge in [-0.25, -0.2) is 0 Å². The van der Waals surface area contributed by atoms with Gasteiger partial charge in [0.25, 0.3) is 0 Å². The average molecular weight is 317 g/mol. The topological polar surface area (TPSA) is 56.1 Å². The molecular formula is C18H27N3O2. The summed E-state index contributed by atoms with van der Waals surface area (Å²) < 4.78 is 7.60. The number of hydrogen-bond donors (Lipinski definition) is 1. The summed E-state index contributed by atoms with van der Waals surface area (Å²) >= 11 is 0. The van der Waals surface area contributed by atoms with Gasteiger partial charge >= 0.3 is 0 Å². The van der Waals surface area contributed by atoms with Crippen molar-refractivity contribution in [3.05, 3.63) is 29.6 Å². The maximum atomic E-state index is 12.7. The molecule has 2 fully saturated rings. The molecule has 5 heteroatoms. The minimum atomic E-state index is -0.0867. The van der Waals surface area contributed by atoms with E-state index in [0.29, 0.717) is 12.5 Å². The van der Waals surface area contributed by atoms with Crippen molar-refractivity contribution in [1.29, 1.82) is 0 Å². The Morgan fingerprint density at radius 3 is 2.83 bits per heavy atom. The van der Waals surface area contributed by atoms with Crippen LogP contribution in [0.4, 0.5) is 0 Å². The highest BCUT2D eigenvalue weighted by Crippen LogP contribution is 2.59. The van der Waals surface area contributed by atoms with E-state index in [-0.39, 0.29) is 29.4 Å². The number of nitrogens with zero attached hydrogens (tertiary/aromatic N) is 2. The van der Waals surface area contributed by atoms with E-state index < -0.39 is 0 Å². The van der Waals surface area contributed by atoms with Crippen LogP contribution < -0.4 is 5.32 Å². The van der Waals surface area contributed by atoms with Gasteiger partial charge in [-0.15, -0.1) is 0 Å². The zero-order valence-corrected chi connectivity index (χ0v) is 14.7. The largest absolute Gasteiger partial charge is 0.371 e. The van der Waals surface area contributed by atoms with Crippen LogP contribution in [-0.4, -0.2) is 28.3 Å². The van der Waals surface area contributed by atoms with Crippen molar-refractivity contribution in [3.8, 4) is 0 Å². The van der Waals surface area contributed by atoms with Gasteiger partial charge in [0.05, 0.1) is 18.2 Å². The monoisotopic (exact) mass is 317 g/mol. The lowest BCUT2D eigenvalue weighted by atomic mass is 10.0. The van der Waals surface area contributed by atoms with Gasteiger partial charge in [-0.05, 0) is 31.6 Å². The second-order valence-electron chi connectivity index (χ2n) is 7.71. The fraction of sp³-hybridized carbons (Fsp3) is 0.667. The molecule has 0 spiro atoms. The Balaban J connectivity index is 1.67. The summed E-state index contributed by atoms with van der Waals surface area (Å²) in [5.74, 6) is 0.557. The van der Waals surface area contributed by atoms with E-state index >= 15 is 0 Å². The van der Waals surface area contributed by atoms with Crippen molar-refractivity contribution in [1.82, 2.24) is 15.1 Å². The van der Waals surface area contributed by atoms with Crippen LogP contribution in [0.3, 0.4) is 0 Å². The smallest absolute Gasteiger partial charge is 0.224 e. The number of aromatic nitrogens is 2. The van der Waals surface area contributed by atoms with E-state index in [0.717, 1.165) is 12.0 Å². The molecule has 5 nitrogen and oxygen atoms in total. The molecule has 1 saturated carbocycles. The van der Waals surface area contributed by atoms with Crippen molar-refractivity contribution in [2.45, 2.75) is 46.3 Å². The molecule has 1 amide bonds. The molecule has 0 unspecified atom stereocenters. The van der Waals surface area contributed by atoms with Crippen LogP contribution in [0, 0.1) is 17.3 Å². The van der Waals surface area contributed by atoms with Crippen LogP contribution in [-0.2, 0) is 16.6 Å². The van der Waals surface area contributed by atoms with Crippen LogP contribution >= 0.6 is 0 Å². The molecule has 1 saturated heterocycles. The molecule has 0 aromatic carbocycles. The number of ether oxygens (including phenoxy) is 1. The lowest BCUT2D eigenvalue weighted by Gasteiger charge is -2.19. The van der Waals surface area contributed by atoms with Gasteiger partial charge in [0.15, 0.2) is 0 Å². The van der Waals surface area contributed by atoms with Crippen molar-refractivity contribution in [2.24, 2.45) is 24.3 Å². The molecule has 3 rings (SSSR count). The Bertz CT molecular complexity index is 628. The lowest BCUT2D eigenvalue weighted by molar-refractivity contribution is -0.124. The third kappa shape index (κ3) is 3.07. The van der Waals surface area contributed by atoms with Gasteiger partial charge in [-0.1, -0.05) is 25.5 Å². The zero-order valence-electron chi connectivity index (χ0n) is 14.7. The van der Waals surface area contributed by atoms with E-state index in [4.69, 9.17) is 4.74 Å². The minimum Gasteiger partial charge on any atom is -0.371 e. The summed E-state index contributed by atoms with van der Waals surface area (Å²) in [7, 11) is 1.89. The molecule has 0 radical (unpaired) electrons. The molecular weight excluding hydrogens is 290 g/mol. The summed E-state index contributed by atoms with van der Waals surface area (Å²) in [6, 6.07) is 0.0375. The van der Waals surface area contributed by atoms with Crippen molar-refractivity contribution in [2.75, 3.05) is 6.61 Å². The van der Waals surface area contributed by atoms with Gasteiger partial charge < -0.3 is 10.1 Å². The molecule has 1 aliphatic heterocycles. The van der Waals surface area contributed by atoms with E-state index in [1.165, 1.54) is 5.57 Å². The first-order valence-corrected chi connectivity index (χ1v) is 8.36. The third-order valence-electron chi connectivity index (χ3n) is 5.18. The maximum absolute atomic E-state index is 12.7. The SMILES string of the molecule is CC(C)=C[C@H]1[C@H](C(=O)N[C@H]2CCO[C@@H]2c2cnn(C)c2)C1(C)C. The number of hydrogen-bond acceptors (Lipinski definition) is 3. The molecule has 1 N–H and O–H groups in total. The Morgan fingerprint density at radius 2 is 2.22 bits per heavy atom. The van der Waals surface area contributed by atoms with Gasteiger partial charge in [-0.3, -0.25) is 9.48 Å². The first-order chi connectivity index (χ1) is 10.8. The molecule has 2 heterocycles. The quantitative estimate of drug-likeness (QED) is 0.869. The first kappa shape index (κ1) is 16.2. The highest BCUT2D eigenvalue weighted by molar-refractivity contribution is 5.84. The number of rotatable bonds is 4. The van der Waals surface area contributed by atoms with E-state index in [2.05, 4.69) is 44.2 Å². The number of carbonyl (C=O) groups is 1. The van der Waals surface area contributed by atoms with E-state index in [1.54, 1.807) is 4.68 Å². The normalized spacial score (nSPS) is 31.7. The van der Waals surface area contributed by atoms with Crippen LogP contribution in [0.2, 0.25) is 0 Å². The molecule has 2 aliphatic rings. The second kappa shape index (κ2) is 5.78. The molecule has 23 heavy (non-hydrogen) atoms. The van der Waals surface area contributed by atoms with Gasteiger partial charge in [0, 0.05) is 25.4 Å². The van der Waals surface area contributed by atoms with Crippen LogP contribution in [0.25, 0.3) is 0 Å². The highest BCUT2D eigenvalue weighted by Gasteiger charge is 2.60. The number of nitrogens with one attached hydrogen (secondary N) is 1. The maximum Gasteiger partial charge on any atom is 0.224 e. The fourth-order valence-corrected chi connectivity index (χ4v) is 3.77. The molecule has 1 aromatic heterocycles. The Kier molecular flexibility index (Phi) is 4.08. The predicted molar refractivity (Wildman–Crippen MR) is 88.6 cm³/mol. The van der Waals surface area contributed by atoms with Crippen LogP contribution in [0.1, 0.15) is 45.8 Å². The van der Waals surface area contributed by atoms with Crippen molar-refractivity contribution >= 4 is 5.91 Å². The standard InChI is InChI=1S/C18H27N3O2/c1-11(2)8-13-15(18(13,3)4)17(22)20-14-6-7-23-16(14)12-9-19-21(5)10-12/h8-10,13-16H,6-7H2,1-5H3,(H,20,22)/t13-,14-,15+,16+/m0/s1. The third-order valence-corrected chi connectivity index (χ3v) is 5.18. The Morgan fingerprint density at radius 1 is 1.48 bits per heavy atom. The van der Waals surface area contributed by atoms with Gasteiger partial charge in [0.1, 0.15) is 6.10 Å². The second-order valence-corrected chi connectivity index (χ2v) is 7.71. The van der Waals surface area contributed by atoms with Crippen LogP contribution in [0.15, 0.2) is 24.0 Å². The molecule has 1 aliphatic carbocycles. The zero-order chi connectivity index (χ0) is 16.8. The lowest BCUT2D eigenvalue weighted by Crippen LogP contribution is -2.38. The molecule has 1 aromatic rings. The van der Waals surface area contributed by atoms with Gasteiger partial charge in [0.2, 0.25) is 5.91 Å². The Labute approximate surface area is 138 Å². The van der Waals surface area contributed by atoms with Crippen LogP contribution in [0.5, 0.6) is 0 Å². The molecule has 126 valence electrons. The Hall–Kier alpha value is -1.62. The average Bonchev–Trinajstić information content (AvgIpc) is 2.86. The molecule has 0 bridgehead atoms. The van der Waals surface area contributed by atoms with E-state index in [1.807, 2.05) is 19.4 Å².